The van der Waals surface area contributed by atoms with Gasteiger partial charge in [0.05, 0.1) is 11.9 Å². The van der Waals surface area contributed by atoms with E-state index in [2.05, 4.69) is 15.5 Å². The molecule has 74 valence electrons. The van der Waals surface area contributed by atoms with Crippen molar-refractivity contribution >= 4 is 10.0 Å². The van der Waals surface area contributed by atoms with Gasteiger partial charge in [-0.15, -0.1) is 0 Å². The lowest BCUT2D eigenvalue weighted by molar-refractivity contribution is 0.592. The van der Waals surface area contributed by atoms with Crippen molar-refractivity contribution in [2.45, 2.75) is 6.54 Å². The van der Waals surface area contributed by atoms with Crippen LogP contribution in [-0.2, 0) is 16.6 Å². The number of nitrogens with two attached hydrogens (primary N) is 1. The summed E-state index contributed by atoms with van der Waals surface area (Å²) in [5.74, 6) is -0.0507. The lowest BCUT2D eigenvalue weighted by Crippen LogP contribution is -2.26. The molecule has 0 aliphatic heterocycles. The fourth-order valence-electron chi connectivity index (χ4n) is 0.821. The molecule has 0 saturated heterocycles. The van der Waals surface area contributed by atoms with Crippen molar-refractivity contribution in [3.05, 3.63) is 18.0 Å². The van der Waals surface area contributed by atoms with Crippen LogP contribution in [0.4, 0.5) is 0 Å². The van der Waals surface area contributed by atoms with Gasteiger partial charge in [-0.2, -0.15) is 5.10 Å². The van der Waals surface area contributed by atoms with Crippen LogP contribution in [0, 0.1) is 0 Å². The zero-order valence-corrected chi connectivity index (χ0v) is 7.84. The first kappa shape index (κ1) is 10.2. The van der Waals surface area contributed by atoms with E-state index in [-0.39, 0.29) is 5.75 Å². The molecule has 0 aliphatic carbocycles. The van der Waals surface area contributed by atoms with Crippen LogP contribution in [0.3, 0.4) is 0 Å². The molecule has 0 saturated carbocycles. The molecular weight excluding hydrogens is 192 g/mol. The molecule has 7 heteroatoms. The molecule has 0 aromatic carbocycles. The smallest absolute Gasteiger partial charge is 0.210 e. The van der Waals surface area contributed by atoms with Crippen LogP contribution in [0.5, 0.6) is 0 Å². The van der Waals surface area contributed by atoms with Gasteiger partial charge in [0, 0.05) is 24.8 Å². The third kappa shape index (κ3) is 4.61. The highest BCUT2D eigenvalue weighted by atomic mass is 32.2. The molecule has 4 N–H and O–H groups in total. The van der Waals surface area contributed by atoms with Crippen LogP contribution < -0.4 is 10.5 Å². The summed E-state index contributed by atoms with van der Waals surface area (Å²) in [5.41, 5.74) is 0.981. The summed E-state index contributed by atoms with van der Waals surface area (Å²) in [5, 5.41) is 14.1. The summed E-state index contributed by atoms with van der Waals surface area (Å²) in [6, 6.07) is 0. The molecule has 0 radical (unpaired) electrons. The average molecular weight is 204 g/mol. The van der Waals surface area contributed by atoms with E-state index in [1.54, 1.807) is 12.4 Å². The fourth-order valence-corrected chi connectivity index (χ4v) is 1.25. The zero-order chi connectivity index (χ0) is 9.73. The topological polar surface area (TPSA) is 101 Å². The van der Waals surface area contributed by atoms with Crippen molar-refractivity contribution < 1.29 is 8.42 Å². The Balaban J connectivity index is 2.16. The van der Waals surface area contributed by atoms with Crippen LogP contribution in [0.2, 0.25) is 0 Å². The van der Waals surface area contributed by atoms with Crippen molar-refractivity contribution in [3.8, 4) is 0 Å². The number of primary sulfonamides is 1. The first-order valence-electron chi connectivity index (χ1n) is 3.77. The van der Waals surface area contributed by atoms with Crippen LogP contribution in [0.1, 0.15) is 5.56 Å². The number of hydrogen-bond donors (Lipinski definition) is 3. The summed E-state index contributed by atoms with van der Waals surface area (Å²) >= 11 is 0. The van der Waals surface area contributed by atoms with E-state index < -0.39 is 10.0 Å². The van der Waals surface area contributed by atoms with Gasteiger partial charge in [-0.25, -0.2) is 13.6 Å². The maximum Gasteiger partial charge on any atom is 0.210 e. The Bertz CT molecular complexity index is 332. The van der Waals surface area contributed by atoms with E-state index in [0.717, 1.165) is 5.56 Å². The highest BCUT2D eigenvalue weighted by Crippen LogP contribution is 1.91. The van der Waals surface area contributed by atoms with Crippen molar-refractivity contribution in [2.24, 2.45) is 5.14 Å². The Morgan fingerprint density at radius 2 is 2.38 bits per heavy atom. The van der Waals surface area contributed by atoms with Gasteiger partial charge < -0.3 is 5.32 Å². The summed E-state index contributed by atoms with van der Waals surface area (Å²) < 4.78 is 21.0. The molecule has 0 aliphatic rings. The number of aromatic nitrogens is 2. The van der Waals surface area contributed by atoms with Crippen LogP contribution in [0.25, 0.3) is 0 Å². The van der Waals surface area contributed by atoms with Crippen molar-refractivity contribution in [1.82, 2.24) is 15.5 Å². The number of H-pyrrole nitrogens is 1. The molecule has 0 spiro atoms. The molecule has 6 nitrogen and oxygen atoms in total. The summed E-state index contributed by atoms with van der Waals surface area (Å²) in [6.07, 6.45) is 3.41. The SMILES string of the molecule is NS(=O)(=O)CCNCc1cn[nH]c1. The second-order valence-electron chi connectivity index (χ2n) is 2.65. The Kier molecular flexibility index (Phi) is 3.40. The second-order valence-corrected chi connectivity index (χ2v) is 4.38. The summed E-state index contributed by atoms with van der Waals surface area (Å²) in [4.78, 5) is 0. The third-order valence-electron chi connectivity index (χ3n) is 1.45. The van der Waals surface area contributed by atoms with Gasteiger partial charge in [0.25, 0.3) is 0 Å². The Labute approximate surface area is 76.6 Å². The first-order valence-corrected chi connectivity index (χ1v) is 5.48. The minimum absolute atomic E-state index is 0.0507. The summed E-state index contributed by atoms with van der Waals surface area (Å²) in [6.45, 7) is 0.941. The van der Waals surface area contributed by atoms with E-state index in [4.69, 9.17) is 5.14 Å². The number of nitrogens with zero attached hydrogens (tertiary/aromatic N) is 1. The molecule has 0 unspecified atom stereocenters. The number of rotatable bonds is 5. The van der Waals surface area contributed by atoms with Gasteiger partial charge in [-0.05, 0) is 0 Å². The minimum atomic E-state index is -3.35. The highest BCUT2D eigenvalue weighted by molar-refractivity contribution is 7.89. The van der Waals surface area contributed by atoms with Gasteiger partial charge in [0.1, 0.15) is 0 Å². The predicted molar refractivity (Wildman–Crippen MR) is 48.3 cm³/mol. The van der Waals surface area contributed by atoms with Crippen molar-refractivity contribution in [2.75, 3.05) is 12.3 Å². The lowest BCUT2D eigenvalue weighted by atomic mass is 10.4. The van der Waals surface area contributed by atoms with Gasteiger partial charge in [0.2, 0.25) is 10.0 Å². The number of hydrogen-bond acceptors (Lipinski definition) is 4. The molecule has 1 rings (SSSR count). The molecule has 1 aromatic heterocycles. The molecule has 0 atom stereocenters. The minimum Gasteiger partial charge on any atom is -0.311 e. The molecule has 13 heavy (non-hydrogen) atoms. The number of aromatic amines is 1. The standard InChI is InChI=1S/C6H12N4O2S/c7-13(11,12)2-1-8-3-6-4-9-10-5-6/h4-5,8H,1-3H2,(H,9,10)(H2,7,11,12). The van der Waals surface area contributed by atoms with E-state index >= 15 is 0 Å². The van der Waals surface area contributed by atoms with E-state index in [0.29, 0.717) is 13.1 Å². The van der Waals surface area contributed by atoms with E-state index in [1.165, 1.54) is 0 Å². The molecule has 1 heterocycles. The molecule has 1 aromatic rings. The average Bonchev–Trinajstić information content (AvgIpc) is 2.48. The molecular formula is C6H12N4O2S. The fraction of sp³-hybridized carbons (Fsp3) is 0.500. The maximum atomic E-state index is 10.5. The third-order valence-corrected chi connectivity index (χ3v) is 2.22. The summed E-state index contributed by atoms with van der Waals surface area (Å²) in [7, 11) is -3.35. The van der Waals surface area contributed by atoms with Gasteiger partial charge >= 0.3 is 0 Å². The molecule has 0 bridgehead atoms. The Morgan fingerprint density at radius 3 is 2.92 bits per heavy atom. The van der Waals surface area contributed by atoms with Crippen LogP contribution >= 0.6 is 0 Å². The molecule has 0 fully saturated rings. The zero-order valence-electron chi connectivity index (χ0n) is 7.03. The highest BCUT2D eigenvalue weighted by Gasteiger charge is 2.01. The largest absolute Gasteiger partial charge is 0.311 e. The maximum absolute atomic E-state index is 10.5. The quantitative estimate of drug-likeness (QED) is 0.524. The monoisotopic (exact) mass is 204 g/mol. The van der Waals surface area contributed by atoms with E-state index in [1.807, 2.05) is 0 Å². The van der Waals surface area contributed by atoms with Gasteiger partial charge in [0.15, 0.2) is 0 Å². The van der Waals surface area contributed by atoms with Crippen LogP contribution in [-0.4, -0.2) is 30.9 Å². The van der Waals surface area contributed by atoms with E-state index in [9.17, 15) is 8.42 Å². The Hall–Kier alpha value is -0.920. The lowest BCUT2D eigenvalue weighted by Gasteiger charge is -2.00. The number of sulfonamides is 1. The second kappa shape index (κ2) is 4.35. The van der Waals surface area contributed by atoms with Gasteiger partial charge in [-0.3, -0.25) is 5.10 Å². The number of nitrogens with one attached hydrogen (secondary N) is 2. The molecule has 0 amide bonds. The Morgan fingerprint density at radius 1 is 1.62 bits per heavy atom. The normalized spacial score (nSPS) is 11.8. The van der Waals surface area contributed by atoms with Gasteiger partial charge in [-0.1, -0.05) is 0 Å². The predicted octanol–water partition coefficient (Wildman–Crippen LogP) is -1.21. The first-order chi connectivity index (χ1) is 6.08. The van der Waals surface area contributed by atoms with Crippen molar-refractivity contribution in [3.63, 3.8) is 0 Å². The van der Waals surface area contributed by atoms with Crippen LogP contribution in [0.15, 0.2) is 12.4 Å². The van der Waals surface area contributed by atoms with Crippen molar-refractivity contribution in [1.29, 1.82) is 0 Å².